The Balaban J connectivity index is 2.57. The van der Waals surface area contributed by atoms with Gasteiger partial charge >= 0.3 is 12.2 Å². The number of nitrogens with zero attached hydrogens (tertiary/aromatic N) is 1. The lowest BCUT2D eigenvalue weighted by Crippen LogP contribution is -2.52. The van der Waals surface area contributed by atoms with E-state index in [0.29, 0.717) is 6.08 Å². The van der Waals surface area contributed by atoms with Crippen molar-refractivity contribution in [2.45, 2.75) is 13.1 Å². The van der Waals surface area contributed by atoms with Crippen LogP contribution in [-0.4, -0.2) is 47.2 Å². The lowest BCUT2D eigenvalue weighted by molar-refractivity contribution is -0.124. The highest BCUT2D eigenvalue weighted by molar-refractivity contribution is 6.29. The summed E-state index contributed by atoms with van der Waals surface area (Å²) in [4.78, 5) is 35.3. The minimum atomic E-state index is -4.76. The summed E-state index contributed by atoms with van der Waals surface area (Å²) in [6.45, 7) is 0.534. The number of carbonyl (C=O) groups excluding carboxylic acids is 3. The predicted octanol–water partition coefficient (Wildman–Crippen LogP) is 0.307. The van der Waals surface area contributed by atoms with E-state index in [9.17, 15) is 27.6 Å². The molecule has 124 valence electrons. The molecule has 0 aromatic carbocycles. The molecule has 4 amide bonds. The van der Waals surface area contributed by atoms with Crippen molar-refractivity contribution in [3.05, 3.63) is 34.7 Å². The number of aliphatic hydroxyl groups is 1. The number of hydrogen-bond donors (Lipinski definition) is 3. The standard InChI is InChI=1S/C13H12F3N3O4/c1-6-4-7(9-10(21)17-12(23)18-11(9)22)5-8(13(14,15)16)19(6)2-3-20/h4-5,20H,2-3H2,1H3,(H2,17,18,21,22,23). The van der Waals surface area contributed by atoms with Crippen molar-refractivity contribution in [1.82, 2.24) is 15.5 Å². The Morgan fingerprint density at radius 1 is 1.13 bits per heavy atom. The Labute approximate surface area is 128 Å². The monoisotopic (exact) mass is 331 g/mol. The van der Waals surface area contributed by atoms with Gasteiger partial charge in [-0.05, 0) is 24.6 Å². The molecular weight excluding hydrogens is 319 g/mol. The molecule has 23 heavy (non-hydrogen) atoms. The average molecular weight is 331 g/mol. The summed E-state index contributed by atoms with van der Waals surface area (Å²) >= 11 is 0. The fourth-order valence-electron chi connectivity index (χ4n) is 2.26. The van der Waals surface area contributed by atoms with Crippen LogP contribution in [0.2, 0.25) is 0 Å². The van der Waals surface area contributed by atoms with Crippen LogP contribution in [0, 0.1) is 0 Å². The number of allylic oxidation sites excluding steroid dienone is 5. The van der Waals surface area contributed by atoms with Crippen molar-refractivity contribution in [3.8, 4) is 0 Å². The minimum absolute atomic E-state index is 0.0916. The molecule has 0 spiro atoms. The maximum absolute atomic E-state index is 13.2. The summed E-state index contributed by atoms with van der Waals surface area (Å²) in [6.07, 6.45) is -2.92. The largest absolute Gasteiger partial charge is 0.431 e. The molecule has 0 saturated carbocycles. The van der Waals surface area contributed by atoms with Crippen LogP contribution in [0.15, 0.2) is 34.7 Å². The van der Waals surface area contributed by atoms with E-state index in [1.807, 2.05) is 0 Å². The molecule has 2 aliphatic heterocycles. The third-order valence-electron chi connectivity index (χ3n) is 3.18. The second-order valence-corrected chi connectivity index (χ2v) is 4.76. The summed E-state index contributed by atoms with van der Waals surface area (Å²) in [7, 11) is 0. The molecule has 0 aliphatic carbocycles. The number of halogens is 3. The molecule has 2 rings (SSSR count). The molecule has 0 aromatic rings. The fraction of sp³-hybridized carbons (Fsp3) is 0.308. The molecular formula is C13H12F3N3O4. The van der Waals surface area contributed by atoms with Gasteiger partial charge in [-0.25, -0.2) is 4.79 Å². The summed E-state index contributed by atoms with van der Waals surface area (Å²) in [5.41, 5.74) is -1.89. The normalized spacial score (nSPS) is 19.3. The molecule has 0 radical (unpaired) electrons. The number of amides is 4. The quantitative estimate of drug-likeness (QED) is 0.500. The van der Waals surface area contributed by atoms with Gasteiger partial charge in [0.15, 0.2) is 0 Å². The number of alkyl halides is 3. The molecule has 2 heterocycles. The van der Waals surface area contributed by atoms with Crippen LogP contribution in [0.3, 0.4) is 0 Å². The van der Waals surface area contributed by atoms with Gasteiger partial charge in [-0.2, -0.15) is 13.2 Å². The fourth-order valence-corrected chi connectivity index (χ4v) is 2.26. The van der Waals surface area contributed by atoms with Crippen molar-refractivity contribution < 1.29 is 32.7 Å². The lowest BCUT2D eigenvalue weighted by atomic mass is 9.99. The number of barbiturate groups is 1. The third kappa shape index (κ3) is 3.26. The van der Waals surface area contributed by atoms with Crippen LogP contribution in [-0.2, 0) is 9.59 Å². The van der Waals surface area contributed by atoms with Crippen LogP contribution in [0.5, 0.6) is 0 Å². The van der Waals surface area contributed by atoms with Crippen molar-refractivity contribution in [2.24, 2.45) is 0 Å². The average Bonchev–Trinajstić information content (AvgIpc) is 2.39. The molecule has 0 atom stereocenters. The van der Waals surface area contributed by atoms with Gasteiger partial charge in [-0.3, -0.25) is 20.2 Å². The van der Waals surface area contributed by atoms with E-state index in [2.05, 4.69) is 0 Å². The molecule has 1 fully saturated rings. The molecule has 0 unspecified atom stereocenters. The summed E-state index contributed by atoms with van der Waals surface area (Å²) in [5, 5.41) is 12.5. The Hall–Kier alpha value is -2.62. The Bertz CT molecular complexity index is 654. The maximum atomic E-state index is 13.2. The van der Waals surface area contributed by atoms with Gasteiger partial charge in [0.2, 0.25) is 0 Å². The smallest absolute Gasteiger partial charge is 0.395 e. The van der Waals surface area contributed by atoms with E-state index in [1.165, 1.54) is 13.0 Å². The van der Waals surface area contributed by atoms with Gasteiger partial charge in [-0.15, -0.1) is 0 Å². The predicted molar refractivity (Wildman–Crippen MR) is 70.4 cm³/mol. The number of carbonyl (C=O) groups is 3. The van der Waals surface area contributed by atoms with Crippen LogP contribution in [0.4, 0.5) is 18.0 Å². The first-order valence-corrected chi connectivity index (χ1v) is 6.41. The molecule has 7 nitrogen and oxygen atoms in total. The highest BCUT2D eigenvalue weighted by Crippen LogP contribution is 2.35. The van der Waals surface area contributed by atoms with E-state index >= 15 is 0 Å². The summed E-state index contributed by atoms with van der Waals surface area (Å²) in [5.74, 6) is -2.16. The minimum Gasteiger partial charge on any atom is -0.395 e. The number of aliphatic hydroxyl groups excluding tert-OH is 1. The molecule has 0 aromatic heterocycles. The number of rotatable bonds is 2. The van der Waals surface area contributed by atoms with Gasteiger partial charge in [0, 0.05) is 12.2 Å². The first kappa shape index (κ1) is 16.7. The topological polar surface area (TPSA) is 98.7 Å². The Kier molecular flexibility index (Phi) is 4.28. The van der Waals surface area contributed by atoms with E-state index in [1.54, 1.807) is 10.6 Å². The summed E-state index contributed by atoms with van der Waals surface area (Å²) < 4.78 is 39.6. The zero-order chi connectivity index (χ0) is 17.4. The van der Waals surface area contributed by atoms with Crippen molar-refractivity contribution in [2.75, 3.05) is 13.2 Å². The molecule has 2 aliphatic rings. The van der Waals surface area contributed by atoms with Crippen LogP contribution >= 0.6 is 0 Å². The van der Waals surface area contributed by atoms with E-state index in [0.717, 1.165) is 4.90 Å². The SMILES string of the molecule is CC1=CC(=C2C(=O)NC(=O)NC2=O)C=C(C(F)(F)F)N1CCO. The highest BCUT2D eigenvalue weighted by atomic mass is 19.4. The number of β-amino-alcohol motifs (C(OH)–C–C–N with tert-alkyl or cyclic N) is 1. The number of urea groups is 1. The first-order valence-electron chi connectivity index (χ1n) is 6.41. The van der Waals surface area contributed by atoms with E-state index < -0.39 is 41.9 Å². The Morgan fingerprint density at radius 2 is 1.70 bits per heavy atom. The second-order valence-electron chi connectivity index (χ2n) is 4.76. The van der Waals surface area contributed by atoms with E-state index in [4.69, 9.17) is 5.11 Å². The first-order chi connectivity index (χ1) is 10.6. The molecule has 0 bridgehead atoms. The van der Waals surface area contributed by atoms with E-state index in [-0.39, 0.29) is 17.8 Å². The summed E-state index contributed by atoms with van der Waals surface area (Å²) in [6, 6.07) is -1.04. The van der Waals surface area contributed by atoms with Gasteiger partial charge in [-0.1, -0.05) is 0 Å². The zero-order valence-electron chi connectivity index (χ0n) is 11.8. The number of nitrogens with one attached hydrogen (secondary N) is 2. The van der Waals surface area contributed by atoms with Gasteiger partial charge in [0.25, 0.3) is 11.8 Å². The van der Waals surface area contributed by atoms with Crippen LogP contribution in [0.25, 0.3) is 0 Å². The third-order valence-corrected chi connectivity index (χ3v) is 3.18. The zero-order valence-corrected chi connectivity index (χ0v) is 11.8. The van der Waals surface area contributed by atoms with Gasteiger partial charge < -0.3 is 10.0 Å². The van der Waals surface area contributed by atoms with Crippen molar-refractivity contribution in [3.63, 3.8) is 0 Å². The second kappa shape index (κ2) is 5.88. The number of hydrogen-bond acceptors (Lipinski definition) is 5. The van der Waals surface area contributed by atoms with Crippen LogP contribution in [0.1, 0.15) is 6.92 Å². The molecule has 1 saturated heterocycles. The Morgan fingerprint density at radius 3 is 2.17 bits per heavy atom. The van der Waals surface area contributed by atoms with Gasteiger partial charge in [0.05, 0.1) is 6.61 Å². The molecule has 10 heteroatoms. The maximum Gasteiger partial charge on any atom is 0.431 e. The number of imide groups is 2. The van der Waals surface area contributed by atoms with Crippen LogP contribution < -0.4 is 10.6 Å². The molecule has 3 N–H and O–H groups in total. The van der Waals surface area contributed by atoms with Crippen molar-refractivity contribution in [1.29, 1.82) is 0 Å². The van der Waals surface area contributed by atoms with Gasteiger partial charge in [0.1, 0.15) is 11.3 Å². The lowest BCUT2D eigenvalue weighted by Gasteiger charge is -2.32. The highest BCUT2D eigenvalue weighted by Gasteiger charge is 2.41. The van der Waals surface area contributed by atoms with Crippen molar-refractivity contribution >= 4 is 17.8 Å².